The van der Waals surface area contributed by atoms with Crippen LogP contribution in [0.3, 0.4) is 0 Å². The number of aromatic nitrogens is 2. The number of anilines is 1. The molecule has 0 spiro atoms. The number of hydrogen-bond acceptors (Lipinski definition) is 4. The topological polar surface area (TPSA) is 41.0 Å². The van der Waals surface area contributed by atoms with Crippen LogP contribution in [0.2, 0.25) is 10.3 Å². The molecule has 94 valence electrons. The smallest absolute Gasteiger partial charge is 0.174 e. The van der Waals surface area contributed by atoms with Crippen LogP contribution in [0.1, 0.15) is 19.3 Å². The molecule has 1 aliphatic heterocycles. The lowest BCUT2D eigenvalue weighted by atomic mass is 10.3. The molecule has 1 N–H and O–H groups in total. The molecule has 0 amide bonds. The van der Waals surface area contributed by atoms with E-state index in [4.69, 9.17) is 23.2 Å². The minimum Gasteiger partial charge on any atom is -0.382 e. The van der Waals surface area contributed by atoms with Crippen LogP contribution in [0.5, 0.6) is 0 Å². The Hall–Kier alpha value is -0.580. The molecule has 4 nitrogen and oxygen atoms in total. The summed E-state index contributed by atoms with van der Waals surface area (Å²) in [7, 11) is 0. The van der Waals surface area contributed by atoms with Gasteiger partial charge in [-0.2, -0.15) is 0 Å². The van der Waals surface area contributed by atoms with Crippen molar-refractivity contribution in [2.75, 3.05) is 31.5 Å². The lowest BCUT2D eigenvalue weighted by Crippen LogP contribution is -2.22. The van der Waals surface area contributed by atoms with Crippen molar-refractivity contribution in [3.8, 4) is 0 Å². The molecule has 1 saturated heterocycles. The molecule has 0 saturated carbocycles. The minimum absolute atomic E-state index is 0.358. The largest absolute Gasteiger partial charge is 0.382 e. The number of rotatable bonds is 5. The van der Waals surface area contributed by atoms with E-state index >= 15 is 0 Å². The van der Waals surface area contributed by atoms with Crippen LogP contribution in [-0.4, -0.2) is 41.3 Å². The highest BCUT2D eigenvalue weighted by Gasteiger charge is 2.10. The fraction of sp³-hybridized carbons (Fsp3) is 0.636. The molecular formula is C11H16Cl2N4. The van der Waals surface area contributed by atoms with Gasteiger partial charge in [-0.05, 0) is 38.9 Å². The molecule has 1 aromatic rings. The summed E-state index contributed by atoms with van der Waals surface area (Å²) in [5, 5.41) is 11.4. The maximum atomic E-state index is 5.90. The molecule has 17 heavy (non-hydrogen) atoms. The summed E-state index contributed by atoms with van der Waals surface area (Å²) in [5.41, 5.74) is 0.757. The standard InChI is InChI=1S/C11H16Cl2N4/c12-10-8-9(11(13)16-15-10)14-4-3-7-17-5-1-2-6-17/h8H,1-7H2,(H,14,15). The second kappa shape index (κ2) is 6.38. The van der Waals surface area contributed by atoms with E-state index in [2.05, 4.69) is 20.4 Å². The lowest BCUT2D eigenvalue weighted by molar-refractivity contribution is 0.337. The quantitative estimate of drug-likeness (QED) is 0.839. The van der Waals surface area contributed by atoms with E-state index in [-0.39, 0.29) is 0 Å². The third-order valence-electron chi connectivity index (χ3n) is 2.88. The Morgan fingerprint density at radius 3 is 2.76 bits per heavy atom. The Morgan fingerprint density at radius 1 is 1.24 bits per heavy atom. The molecule has 0 bridgehead atoms. The first-order valence-electron chi connectivity index (χ1n) is 5.90. The minimum atomic E-state index is 0.358. The lowest BCUT2D eigenvalue weighted by Gasteiger charge is -2.14. The predicted octanol–water partition coefficient (Wildman–Crippen LogP) is 2.68. The molecular weight excluding hydrogens is 259 g/mol. The molecule has 0 atom stereocenters. The Morgan fingerprint density at radius 2 is 2.00 bits per heavy atom. The van der Waals surface area contributed by atoms with Crippen molar-refractivity contribution in [2.24, 2.45) is 0 Å². The summed E-state index contributed by atoms with van der Waals surface area (Å²) in [6, 6.07) is 1.70. The van der Waals surface area contributed by atoms with E-state index in [0.717, 1.165) is 25.2 Å². The highest BCUT2D eigenvalue weighted by atomic mass is 35.5. The van der Waals surface area contributed by atoms with Gasteiger partial charge in [0, 0.05) is 12.6 Å². The zero-order valence-corrected chi connectivity index (χ0v) is 11.1. The van der Waals surface area contributed by atoms with Crippen molar-refractivity contribution in [3.63, 3.8) is 0 Å². The number of likely N-dealkylation sites (tertiary alicyclic amines) is 1. The molecule has 1 fully saturated rings. The van der Waals surface area contributed by atoms with Crippen LogP contribution >= 0.6 is 23.2 Å². The first-order chi connectivity index (χ1) is 8.25. The van der Waals surface area contributed by atoms with Gasteiger partial charge in [0.2, 0.25) is 0 Å². The van der Waals surface area contributed by atoms with Gasteiger partial charge >= 0.3 is 0 Å². The first kappa shape index (κ1) is 12.9. The SMILES string of the molecule is Clc1cc(NCCCN2CCCC2)c(Cl)nn1. The fourth-order valence-electron chi connectivity index (χ4n) is 2.01. The van der Waals surface area contributed by atoms with E-state index in [1.807, 2.05) is 0 Å². The van der Waals surface area contributed by atoms with Crippen LogP contribution in [0.4, 0.5) is 5.69 Å². The Labute approximate surface area is 111 Å². The van der Waals surface area contributed by atoms with Gasteiger partial charge in [-0.25, -0.2) is 0 Å². The average Bonchev–Trinajstić information content (AvgIpc) is 2.82. The Balaban J connectivity index is 1.72. The van der Waals surface area contributed by atoms with Gasteiger partial charge in [-0.1, -0.05) is 23.2 Å². The third-order valence-corrected chi connectivity index (χ3v) is 3.35. The van der Waals surface area contributed by atoms with Crippen LogP contribution in [0.15, 0.2) is 6.07 Å². The number of nitrogens with one attached hydrogen (secondary N) is 1. The molecule has 0 aliphatic carbocycles. The summed E-state index contributed by atoms with van der Waals surface area (Å²) >= 11 is 11.6. The van der Waals surface area contributed by atoms with Crippen molar-refractivity contribution in [2.45, 2.75) is 19.3 Å². The summed E-state index contributed by atoms with van der Waals surface area (Å²) in [6.45, 7) is 4.49. The van der Waals surface area contributed by atoms with E-state index < -0.39 is 0 Å². The van der Waals surface area contributed by atoms with Crippen molar-refractivity contribution in [3.05, 3.63) is 16.4 Å². The van der Waals surface area contributed by atoms with E-state index in [1.54, 1.807) is 6.07 Å². The molecule has 2 rings (SSSR count). The van der Waals surface area contributed by atoms with Gasteiger partial charge in [0.05, 0.1) is 5.69 Å². The van der Waals surface area contributed by atoms with E-state index in [0.29, 0.717) is 10.3 Å². The number of nitrogens with zero attached hydrogens (tertiary/aromatic N) is 3. The van der Waals surface area contributed by atoms with Crippen LogP contribution < -0.4 is 5.32 Å². The monoisotopic (exact) mass is 274 g/mol. The first-order valence-corrected chi connectivity index (χ1v) is 6.66. The van der Waals surface area contributed by atoms with E-state index in [1.165, 1.54) is 25.9 Å². The highest BCUT2D eigenvalue weighted by molar-refractivity contribution is 6.33. The fourth-order valence-corrected chi connectivity index (χ4v) is 2.32. The molecule has 6 heteroatoms. The van der Waals surface area contributed by atoms with Gasteiger partial charge in [-0.3, -0.25) is 0 Å². The average molecular weight is 275 g/mol. The third kappa shape index (κ3) is 3.98. The Bertz CT molecular complexity index is 366. The second-order valence-electron chi connectivity index (χ2n) is 4.20. The molecule has 1 aliphatic rings. The van der Waals surface area contributed by atoms with Gasteiger partial charge in [0.15, 0.2) is 10.3 Å². The van der Waals surface area contributed by atoms with Crippen LogP contribution in [-0.2, 0) is 0 Å². The predicted molar refractivity (Wildman–Crippen MR) is 70.8 cm³/mol. The maximum absolute atomic E-state index is 5.90. The molecule has 0 unspecified atom stereocenters. The Kier molecular flexibility index (Phi) is 4.83. The van der Waals surface area contributed by atoms with Crippen LogP contribution in [0.25, 0.3) is 0 Å². The molecule has 2 heterocycles. The van der Waals surface area contributed by atoms with Crippen molar-refractivity contribution in [1.29, 1.82) is 0 Å². The van der Waals surface area contributed by atoms with Gasteiger partial charge in [0.1, 0.15) is 0 Å². The van der Waals surface area contributed by atoms with Crippen molar-refractivity contribution in [1.82, 2.24) is 15.1 Å². The normalized spacial score (nSPS) is 16.4. The van der Waals surface area contributed by atoms with Crippen molar-refractivity contribution >= 4 is 28.9 Å². The van der Waals surface area contributed by atoms with E-state index in [9.17, 15) is 0 Å². The summed E-state index contributed by atoms with van der Waals surface area (Å²) < 4.78 is 0. The van der Waals surface area contributed by atoms with Crippen molar-refractivity contribution < 1.29 is 0 Å². The van der Waals surface area contributed by atoms with Crippen LogP contribution in [0, 0.1) is 0 Å². The summed E-state index contributed by atoms with van der Waals surface area (Å²) in [6.07, 6.45) is 3.77. The second-order valence-corrected chi connectivity index (χ2v) is 4.95. The zero-order valence-electron chi connectivity index (χ0n) is 9.62. The maximum Gasteiger partial charge on any atom is 0.174 e. The number of halogens is 2. The zero-order chi connectivity index (χ0) is 12.1. The molecule has 0 aromatic carbocycles. The van der Waals surface area contributed by atoms with Gasteiger partial charge < -0.3 is 10.2 Å². The summed E-state index contributed by atoms with van der Waals surface area (Å²) in [4.78, 5) is 2.49. The molecule has 0 radical (unpaired) electrons. The summed E-state index contributed by atoms with van der Waals surface area (Å²) in [5.74, 6) is 0. The highest BCUT2D eigenvalue weighted by Crippen LogP contribution is 2.20. The van der Waals surface area contributed by atoms with Gasteiger partial charge in [-0.15, -0.1) is 10.2 Å². The molecule has 1 aromatic heterocycles. The van der Waals surface area contributed by atoms with Gasteiger partial charge in [0.25, 0.3) is 0 Å². The number of hydrogen-bond donors (Lipinski definition) is 1.